The van der Waals surface area contributed by atoms with Gasteiger partial charge in [0.05, 0.1) is 19.4 Å². The predicted octanol–water partition coefficient (Wildman–Crippen LogP) is 2.93. The average Bonchev–Trinajstić information content (AvgIpc) is 3.51. The minimum absolute atomic E-state index is 0.0683. The number of allylic oxidation sites excluding steroid dienone is 1. The highest BCUT2D eigenvalue weighted by molar-refractivity contribution is 6.10. The summed E-state index contributed by atoms with van der Waals surface area (Å²) >= 11 is 0. The molecule has 0 unspecified atom stereocenters. The average molecular weight is 399 g/mol. The quantitative estimate of drug-likeness (QED) is 0.615. The first-order chi connectivity index (χ1) is 14.1. The third-order valence-electron chi connectivity index (χ3n) is 5.97. The van der Waals surface area contributed by atoms with Crippen LogP contribution in [-0.4, -0.2) is 51.2 Å². The van der Waals surface area contributed by atoms with Gasteiger partial charge in [0.15, 0.2) is 0 Å². The number of hydrogen-bond acceptors (Lipinski definition) is 6. The third kappa shape index (κ3) is 4.10. The van der Waals surface area contributed by atoms with E-state index in [0.29, 0.717) is 18.6 Å². The molecule has 1 aliphatic carbocycles. The number of anilines is 1. The van der Waals surface area contributed by atoms with Crippen molar-refractivity contribution < 1.29 is 14.3 Å². The van der Waals surface area contributed by atoms with Gasteiger partial charge in [-0.05, 0) is 44.7 Å². The molecule has 0 spiro atoms. The lowest BCUT2D eigenvalue weighted by Gasteiger charge is -2.36. The van der Waals surface area contributed by atoms with Crippen LogP contribution in [-0.2, 0) is 11.2 Å². The molecule has 1 saturated heterocycles. The van der Waals surface area contributed by atoms with Crippen LogP contribution in [0.5, 0.6) is 5.75 Å². The van der Waals surface area contributed by atoms with Crippen molar-refractivity contribution in [2.75, 3.05) is 31.7 Å². The Kier molecular flexibility index (Phi) is 5.76. The molecule has 0 aromatic heterocycles. The van der Waals surface area contributed by atoms with Crippen LogP contribution in [0.3, 0.4) is 0 Å². The van der Waals surface area contributed by atoms with E-state index >= 15 is 0 Å². The minimum Gasteiger partial charge on any atom is -0.492 e. The number of hydrogen-bond donors (Lipinski definition) is 3. The number of nitrogens with zero attached hydrogens (tertiary/aromatic N) is 1. The molecule has 1 aromatic carbocycles. The number of nitrogens with one attached hydrogen (secondary N) is 3. The highest BCUT2D eigenvalue weighted by Gasteiger charge is 2.32. The van der Waals surface area contributed by atoms with Crippen molar-refractivity contribution >= 4 is 23.6 Å². The number of carbonyl (C=O) groups excluding carboxylic acids is 1. The smallest absolute Gasteiger partial charge is 0.414 e. The number of rotatable bonds is 7. The molecule has 2 heterocycles. The maximum atomic E-state index is 12.4. The topological polar surface area (TPSA) is 86.7 Å². The summed E-state index contributed by atoms with van der Waals surface area (Å²) in [5.74, 6) is 1.29. The van der Waals surface area contributed by atoms with Crippen LogP contribution in [0.1, 0.15) is 37.3 Å². The molecule has 2 fully saturated rings. The first-order valence-electron chi connectivity index (χ1n) is 10.5. The lowest BCUT2D eigenvalue weighted by molar-refractivity contribution is 0.175. The number of carbonyl (C=O) groups is 1. The second-order valence-corrected chi connectivity index (χ2v) is 8.19. The Morgan fingerprint density at radius 3 is 2.76 bits per heavy atom. The van der Waals surface area contributed by atoms with Crippen molar-refractivity contribution in [3.05, 3.63) is 29.5 Å². The van der Waals surface area contributed by atoms with Crippen molar-refractivity contribution in [3.8, 4) is 5.75 Å². The maximum absolute atomic E-state index is 12.4. The van der Waals surface area contributed by atoms with Crippen molar-refractivity contribution in [1.29, 1.82) is 5.41 Å². The standard InChI is InChI=1S/C22H30N4O3/c1-14-3-6-19-20(26(14)22(27)28-2)8-7-18(16(9-23)12-25-17-4-5-17)21(19)29-13-15-10-24-11-15/h7-9,12,14-15,17,23-25H,3-6,10-11,13H2,1-2H3/b16-12+,23-9?/t14-/m0/s1. The molecule has 1 atom stereocenters. The zero-order chi connectivity index (χ0) is 20.4. The van der Waals surface area contributed by atoms with Gasteiger partial charge in [-0.3, -0.25) is 4.90 Å². The molecule has 3 aliphatic rings. The van der Waals surface area contributed by atoms with Gasteiger partial charge in [0.2, 0.25) is 0 Å². The SMILES string of the molecule is COC(=O)N1c2ccc(/C(C=N)=C/NC3CC3)c(OCC3CNC3)c2CC[C@@H]1C. The minimum atomic E-state index is -0.349. The van der Waals surface area contributed by atoms with E-state index in [1.165, 1.54) is 26.2 Å². The van der Waals surface area contributed by atoms with E-state index in [0.717, 1.165) is 54.1 Å². The number of methoxy groups -OCH3 is 1. The lowest BCUT2D eigenvalue weighted by Crippen LogP contribution is -2.45. The van der Waals surface area contributed by atoms with Gasteiger partial charge in [0.1, 0.15) is 5.75 Å². The normalized spacial score (nSPS) is 21.8. The predicted molar refractivity (Wildman–Crippen MR) is 114 cm³/mol. The van der Waals surface area contributed by atoms with E-state index < -0.39 is 0 Å². The Morgan fingerprint density at radius 1 is 1.34 bits per heavy atom. The molecular formula is C22H30N4O3. The van der Waals surface area contributed by atoms with Crippen molar-refractivity contribution in [2.45, 2.75) is 44.7 Å². The van der Waals surface area contributed by atoms with Gasteiger partial charge < -0.3 is 25.5 Å². The van der Waals surface area contributed by atoms with Crippen LogP contribution in [0, 0.1) is 11.3 Å². The molecular weight excluding hydrogens is 368 g/mol. The summed E-state index contributed by atoms with van der Waals surface area (Å²) in [5.41, 5.74) is 3.57. The van der Waals surface area contributed by atoms with Crippen LogP contribution < -0.4 is 20.3 Å². The van der Waals surface area contributed by atoms with Gasteiger partial charge in [0, 0.05) is 60.2 Å². The first-order valence-corrected chi connectivity index (χ1v) is 10.5. The van der Waals surface area contributed by atoms with E-state index in [-0.39, 0.29) is 12.1 Å². The molecule has 2 aliphatic heterocycles. The first kappa shape index (κ1) is 19.8. The fourth-order valence-corrected chi connectivity index (χ4v) is 3.90. The molecule has 1 saturated carbocycles. The van der Waals surface area contributed by atoms with Crippen molar-refractivity contribution in [1.82, 2.24) is 10.6 Å². The number of fused-ring (bicyclic) bond motifs is 1. The van der Waals surface area contributed by atoms with Gasteiger partial charge in [0.25, 0.3) is 0 Å². The van der Waals surface area contributed by atoms with Crippen LogP contribution in [0.25, 0.3) is 5.57 Å². The van der Waals surface area contributed by atoms with E-state index in [4.69, 9.17) is 14.9 Å². The van der Waals surface area contributed by atoms with E-state index in [9.17, 15) is 4.79 Å². The summed E-state index contributed by atoms with van der Waals surface area (Å²) in [6, 6.07) is 4.51. The largest absolute Gasteiger partial charge is 0.492 e. The Bertz CT molecular complexity index is 815. The summed E-state index contributed by atoms with van der Waals surface area (Å²) in [7, 11) is 1.41. The summed E-state index contributed by atoms with van der Waals surface area (Å²) in [5, 5.41) is 14.6. The fourth-order valence-electron chi connectivity index (χ4n) is 3.90. The van der Waals surface area contributed by atoms with Gasteiger partial charge in [-0.25, -0.2) is 4.79 Å². The van der Waals surface area contributed by atoms with Crippen molar-refractivity contribution in [3.63, 3.8) is 0 Å². The maximum Gasteiger partial charge on any atom is 0.414 e. The molecule has 7 heteroatoms. The highest BCUT2D eigenvalue weighted by atomic mass is 16.5. The summed E-state index contributed by atoms with van der Waals surface area (Å²) in [4.78, 5) is 14.1. The molecule has 4 rings (SSSR count). The van der Waals surface area contributed by atoms with Gasteiger partial charge in [-0.15, -0.1) is 0 Å². The molecule has 7 nitrogen and oxygen atoms in total. The summed E-state index contributed by atoms with van der Waals surface area (Å²) in [6.45, 7) is 4.60. The van der Waals surface area contributed by atoms with Crippen molar-refractivity contribution in [2.24, 2.45) is 5.92 Å². The zero-order valence-electron chi connectivity index (χ0n) is 17.2. The molecule has 0 bridgehead atoms. The Balaban J connectivity index is 1.73. The van der Waals surface area contributed by atoms with Gasteiger partial charge in [-0.2, -0.15) is 0 Å². The van der Waals surface area contributed by atoms with Crippen LogP contribution in [0.15, 0.2) is 18.3 Å². The summed E-state index contributed by atoms with van der Waals surface area (Å²) in [6.07, 6.45) is 6.98. The molecule has 1 amide bonds. The van der Waals surface area contributed by atoms with E-state index in [1.54, 1.807) is 4.90 Å². The Hall–Kier alpha value is -2.54. The van der Waals surface area contributed by atoms with Gasteiger partial charge in [-0.1, -0.05) is 0 Å². The van der Waals surface area contributed by atoms with E-state index in [1.807, 2.05) is 25.3 Å². The third-order valence-corrected chi connectivity index (χ3v) is 5.97. The van der Waals surface area contributed by atoms with Crippen LogP contribution in [0.4, 0.5) is 10.5 Å². The Labute approximate surface area is 171 Å². The molecule has 1 aromatic rings. The van der Waals surface area contributed by atoms with E-state index in [2.05, 4.69) is 10.6 Å². The highest BCUT2D eigenvalue weighted by Crippen LogP contribution is 2.41. The fraction of sp³-hybridized carbons (Fsp3) is 0.545. The van der Waals surface area contributed by atoms with Crippen LogP contribution >= 0.6 is 0 Å². The number of benzene rings is 1. The molecule has 29 heavy (non-hydrogen) atoms. The summed E-state index contributed by atoms with van der Waals surface area (Å²) < 4.78 is 11.4. The number of ether oxygens (including phenoxy) is 2. The Morgan fingerprint density at radius 2 is 2.14 bits per heavy atom. The zero-order valence-corrected chi connectivity index (χ0v) is 17.2. The second kappa shape index (κ2) is 8.45. The van der Waals surface area contributed by atoms with Gasteiger partial charge >= 0.3 is 6.09 Å². The number of amides is 1. The second-order valence-electron chi connectivity index (χ2n) is 8.19. The lowest BCUT2D eigenvalue weighted by atomic mass is 9.92. The monoisotopic (exact) mass is 398 g/mol. The molecule has 156 valence electrons. The van der Waals surface area contributed by atoms with Crippen LogP contribution in [0.2, 0.25) is 0 Å². The molecule has 0 radical (unpaired) electrons. The molecule has 3 N–H and O–H groups in total.